The summed E-state index contributed by atoms with van der Waals surface area (Å²) >= 11 is 1.89. The molecule has 2 saturated heterocycles. The van der Waals surface area contributed by atoms with Gasteiger partial charge in [0.2, 0.25) is 11.8 Å². The summed E-state index contributed by atoms with van der Waals surface area (Å²) in [6.45, 7) is 1.62. The molecule has 2 aliphatic rings. The molecule has 0 radical (unpaired) electrons. The van der Waals surface area contributed by atoms with Crippen molar-refractivity contribution in [3.8, 4) is 5.75 Å². The van der Waals surface area contributed by atoms with Crippen LogP contribution in [-0.2, 0) is 9.59 Å². The predicted molar refractivity (Wildman–Crippen MR) is 95.1 cm³/mol. The lowest BCUT2D eigenvalue weighted by Gasteiger charge is -2.41. The molecule has 0 bridgehead atoms. The highest BCUT2D eigenvalue weighted by atomic mass is 32.2. The lowest BCUT2D eigenvalue weighted by molar-refractivity contribution is -0.146. The Morgan fingerprint density at radius 3 is 2.50 bits per heavy atom. The average Bonchev–Trinajstić information content (AvgIpc) is 2.64. The third-order valence-corrected chi connectivity index (χ3v) is 5.90. The number of carbonyl (C=O) groups is 2. The standard InChI is InChI=1S/C18H24N2O3S/c1-19-16(21)8-7-15(18(22)20-9-11-24-12-10-20)17(19)13-3-5-14(23-2)6-4-13/h3-6,15,17H,7-12H2,1-2H3/t15-,17+/m1/s1. The van der Waals surface area contributed by atoms with E-state index >= 15 is 0 Å². The summed E-state index contributed by atoms with van der Waals surface area (Å²) in [5.74, 6) is 2.91. The second-order valence-corrected chi connectivity index (χ2v) is 7.53. The summed E-state index contributed by atoms with van der Waals surface area (Å²) in [6, 6.07) is 7.51. The fourth-order valence-corrected chi connectivity index (χ4v) is 4.48. The van der Waals surface area contributed by atoms with Crippen LogP contribution in [-0.4, -0.2) is 60.4 Å². The highest BCUT2D eigenvalue weighted by molar-refractivity contribution is 7.99. The van der Waals surface area contributed by atoms with Crippen molar-refractivity contribution < 1.29 is 14.3 Å². The van der Waals surface area contributed by atoms with Gasteiger partial charge in [-0.15, -0.1) is 0 Å². The number of ether oxygens (including phenoxy) is 1. The summed E-state index contributed by atoms with van der Waals surface area (Å²) in [4.78, 5) is 29.0. The van der Waals surface area contributed by atoms with Crippen molar-refractivity contribution >= 4 is 23.6 Å². The van der Waals surface area contributed by atoms with E-state index in [9.17, 15) is 9.59 Å². The molecule has 5 nitrogen and oxygen atoms in total. The number of rotatable bonds is 3. The number of hydrogen-bond acceptors (Lipinski definition) is 4. The molecule has 0 saturated carbocycles. The maximum Gasteiger partial charge on any atom is 0.228 e. The Morgan fingerprint density at radius 2 is 1.88 bits per heavy atom. The summed E-state index contributed by atoms with van der Waals surface area (Å²) in [7, 11) is 3.44. The molecule has 0 aromatic heterocycles. The smallest absolute Gasteiger partial charge is 0.228 e. The number of methoxy groups -OCH3 is 1. The Bertz CT molecular complexity index is 599. The van der Waals surface area contributed by atoms with Crippen molar-refractivity contribution in [1.29, 1.82) is 0 Å². The van der Waals surface area contributed by atoms with E-state index in [0.29, 0.717) is 12.8 Å². The average molecular weight is 348 g/mol. The van der Waals surface area contributed by atoms with Crippen molar-refractivity contribution in [2.24, 2.45) is 5.92 Å². The molecule has 24 heavy (non-hydrogen) atoms. The van der Waals surface area contributed by atoms with Gasteiger partial charge in [-0.05, 0) is 24.1 Å². The van der Waals surface area contributed by atoms with Gasteiger partial charge in [0.1, 0.15) is 5.75 Å². The van der Waals surface area contributed by atoms with Gasteiger partial charge in [0, 0.05) is 38.1 Å². The van der Waals surface area contributed by atoms with E-state index < -0.39 is 0 Å². The number of benzene rings is 1. The number of nitrogens with zero attached hydrogens (tertiary/aromatic N) is 2. The first-order valence-electron chi connectivity index (χ1n) is 8.38. The van der Waals surface area contributed by atoms with Gasteiger partial charge < -0.3 is 14.5 Å². The zero-order valence-electron chi connectivity index (χ0n) is 14.2. The third kappa shape index (κ3) is 3.38. The third-order valence-electron chi connectivity index (χ3n) is 4.96. The molecule has 0 aliphatic carbocycles. The Kier molecular flexibility index (Phi) is 5.33. The quantitative estimate of drug-likeness (QED) is 0.840. The minimum absolute atomic E-state index is 0.106. The first-order valence-corrected chi connectivity index (χ1v) is 9.53. The predicted octanol–water partition coefficient (Wildman–Crippen LogP) is 2.18. The Labute approximate surface area is 147 Å². The molecule has 0 spiro atoms. The molecule has 2 fully saturated rings. The van der Waals surface area contributed by atoms with Crippen LogP contribution < -0.4 is 4.74 Å². The summed E-state index contributed by atoms with van der Waals surface area (Å²) in [5.41, 5.74) is 0.996. The monoisotopic (exact) mass is 348 g/mol. The Balaban J connectivity index is 1.86. The number of amides is 2. The lowest BCUT2D eigenvalue weighted by Crippen LogP contribution is -2.49. The van der Waals surface area contributed by atoms with E-state index in [0.717, 1.165) is 35.9 Å². The summed E-state index contributed by atoms with van der Waals surface area (Å²) in [5, 5.41) is 0. The molecule has 3 rings (SSSR count). The number of hydrogen-bond donors (Lipinski definition) is 0. The van der Waals surface area contributed by atoms with Crippen LogP contribution in [0.5, 0.6) is 5.75 Å². The molecule has 0 N–H and O–H groups in total. The molecule has 2 aliphatic heterocycles. The van der Waals surface area contributed by atoms with Gasteiger partial charge in [-0.1, -0.05) is 12.1 Å². The van der Waals surface area contributed by atoms with Crippen molar-refractivity contribution in [3.63, 3.8) is 0 Å². The van der Waals surface area contributed by atoms with Crippen LogP contribution in [0.1, 0.15) is 24.4 Å². The van der Waals surface area contributed by atoms with Crippen molar-refractivity contribution in [2.45, 2.75) is 18.9 Å². The van der Waals surface area contributed by atoms with E-state index in [4.69, 9.17) is 4.74 Å². The van der Waals surface area contributed by atoms with Crippen LogP contribution >= 0.6 is 11.8 Å². The molecule has 2 atom stereocenters. The molecule has 1 aromatic rings. The van der Waals surface area contributed by atoms with E-state index in [-0.39, 0.29) is 23.8 Å². The normalized spacial score (nSPS) is 24.8. The molecular weight excluding hydrogens is 324 g/mol. The van der Waals surface area contributed by atoms with Gasteiger partial charge in [-0.2, -0.15) is 11.8 Å². The van der Waals surface area contributed by atoms with Crippen molar-refractivity contribution in [2.75, 3.05) is 38.8 Å². The fraction of sp³-hybridized carbons (Fsp3) is 0.556. The maximum absolute atomic E-state index is 13.1. The first-order chi connectivity index (χ1) is 11.6. The Morgan fingerprint density at radius 1 is 1.21 bits per heavy atom. The van der Waals surface area contributed by atoms with Gasteiger partial charge in [0.25, 0.3) is 0 Å². The topological polar surface area (TPSA) is 49.9 Å². The highest BCUT2D eigenvalue weighted by Gasteiger charge is 2.40. The zero-order valence-corrected chi connectivity index (χ0v) is 15.1. The van der Waals surface area contributed by atoms with Crippen LogP contribution in [0.15, 0.2) is 24.3 Å². The van der Waals surface area contributed by atoms with Crippen LogP contribution in [0.25, 0.3) is 0 Å². The van der Waals surface area contributed by atoms with Crippen molar-refractivity contribution in [3.05, 3.63) is 29.8 Å². The van der Waals surface area contributed by atoms with E-state index in [1.807, 2.05) is 48.0 Å². The molecule has 1 aromatic carbocycles. The first kappa shape index (κ1) is 17.1. The molecule has 2 amide bonds. The minimum atomic E-state index is -0.195. The van der Waals surface area contributed by atoms with E-state index in [1.54, 1.807) is 12.0 Å². The van der Waals surface area contributed by atoms with Crippen LogP contribution in [0.4, 0.5) is 0 Å². The van der Waals surface area contributed by atoms with Gasteiger partial charge >= 0.3 is 0 Å². The fourth-order valence-electron chi connectivity index (χ4n) is 3.57. The molecule has 0 unspecified atom stereocenters. The molecule has 130 valence electrons. The lowest BCUT2D eigenvalue weighted by atomic mass is 9.83. The van der Waals surface area contributed by atoms with Gasteiger partial charge in [0.05, 0.1) is 19.1 Å². The van der Waals surface area contributed by atoms with Gasteiger partial charge in [-0.25, -0.2) is 0 Å². The Hall–Kier alpha value is -1.69. The zero-order chi connectivity index (χ0) is 17.1. The molecule has 6 heteroatoms. The number of likely N-dealkylation sites (tertiary alicyclic amines) is 1. The second kappa shape index (κ2) is 7.47. The number of piperidine rings is 1. The maximum atomic E-state index is 13.1. The summed E-state index contributed by atoms with van der Waals surface area (Å²) in [6.07, 6.45) is 1.07. The largest absolute Gasteiger partial charge is 0.497 e. The minimum Gasteiger partial charge on any atom is -0.497 e. The van der Waals surface area contributed by atoms with Gasteiger partial charge in [-0.3, -0.25) is 9.59 Å². The SMILES string of the molecule is COc1ccc([C@H]2[C@H](C(=O)N3CCSCC3)CCC(=O)N2C)cc1. The molecule has 2 heterocycles. The molecular formula is C18H24N2O3S. The number of carbonyl (C=O) groups excluding carboxylic acids is 2. The summed E-state index contributed by atoms with van der Waals surface area (Å²) < 4.78 is 5.22. The van der Waals surface area contributed by atoms with Crippen LogP contribution in [0.2, 0.25) is 0 Å². The van der Waals surface area contributed by atoms with Crippen LogP contribution in [0.3, 0.4) is 0 Å². The highest BCUT2D eigenvalue weighted by Crippen LogP contribution is 2.37. The second-order valence-electron chi connectivity index (χ2n) is 6.31. The number of thioether (sulfide) groups is 1. The van der Waals surface area contributed by atoms with Crippen LogP contribution in [0, 0.1) is 5.92 Å². The van der Waals surface area contributed by atoms with Crippen molar-refractivity contribution in [1.82, 2.24) is 9.80 Å². The van der Waals surface area contributed by atoms with E-state index in [2.05, 4.69) is 0 Å². The van der Waals surface area contributed by atoms with Gasteiger partial charge in [0.15, 0.2) is 0 Å². The van der Waals surface area contributed by atoms with E-state index in [1.165, 1.54) is 0 Å².